The average Bonchev–Trinajstić information content (AvgIpc) is 2.25. The summed E-state index contributed by atoms with van der Waals surface area (Å²) in [5.74, 6) is -0.913. The van der Waals surface area contributed by atoms with Gasteiger partial charge in [0.1, 0.15) is 0 Å². The van der Waals surface area contributed by atoms with Gasteiger partial charge in [-0.15, -0.1) is 11.8 Å². The molecule has 0 radical (unpaired) electrons. The number of carbonyl (C=O) groups is 2. The Bertz CT molecular complexity index is 452. The van der Waals surface area contributed by atoms with Crippen LogP contribution in [0.1, 0.15) is 20.8 Å². The van der Waals surface area contributed by atoms with Gasteiger partial charge in [0.05, 0.1) is 5.75 Å². The Kier molecular flexibility index (Phi) is 4.78. The molecule has 0 spiro atoms. The highest BCUT2D eigenvalue weighted by Crippen LogP contribution is 2.23. The molecule has 0 saturated carbocycles. The second-order valence-electron chi connectivity index (χ2n) is 4.91. The first-order valence-electron chi connectivity index (χ1n) is 5.55. The number of amides is 1. The molecule has 0 heterocycles. The number of hydrogen-bond acceptors (Lipinski definition) is 3. The molecule has 2 N–H and O–H groups in total. The number of aliphatic carboxylic acids is 1. The van der Waals surface area contributed by atoms with Gasteiger partial charge in [-0.2, -0.15) is 0 Å². The maximum atomic E-state index is 11.8. The summed E-state index contributed by atoms with van der Waals surface area (Å²) in [6.45, 7) is 5.52. The number of nitrogens with one attached hydrogen (secondary N) is 1. The van der Waals surface area contributed by atoms with Crippen LogP contribution >= 0.6 is 11.8 Å². The summed E-state index contributed by atoms with van der Waals surface area (Å²) in [6.07, 6.45) is 0. The van der Waals surface area contributed by atoms with Crippen molar-refractivity contribution < 1.29 is 14.7 Å². The summed E-state index contributed by atoms with van der Waals surface area (Å²) < 4.78 is 0. The third-order valence-corrected chi connectivity index (χ3v) is 3.11. The SMILES string of the molecule is CC(C)(C)C(=O)Nc1cccc(SCC(=O)O)c1. The second kappa shape index (κ2) is 5.91. The lowest BCUT2D eigenvalue weighted by molar-refractivity contribution is -0.134. The fraction of sp³-hybridized carbons (Fsp3) is 0.385. The lowest BCUT2D eigenvalue weighted by Crippen LogP contribution is -2.27. The fourth-order valence-electron chi connectivity index (χ4n) is 1.13. The van der Waals surface area contributed by atoms with Crippen molar-refractivity contribution in [3.63, 3.8) is 0 Å². The van der Waals surface area contributed by atoms with Gasteiger partial charge >= 0.3 is 5.97 Å². The van der Waals surface area contributed by atoms with E-state index < -0.39 is 11.4 Å². The van der Waals surface area contributed by atoms with E-state index in [-0.39, 0.29) is 11.7 Å². The van der Waals surface area contributed by atoms with Gasteiger partial charge in [-0.1, -0.05) is 26.8 Å². The van der Waals surface area contributed by atoms with E-state index in [1.807, 2.05) is 26.8 Å². The Morgan fingerprint density at radius 1 is 1.33 bits per heavy atom. The Hall–Kier alpha value is -1.49. The predicted molar refractivity (Wildman–Crippen MR) is 72.9 cm³/mol. The zero-order chi connectivity index (χ0) is 13.8. The summed E-state index contributed by atoms with van der Waals surface area (Å²) in [5, 5.41) is 11.4. The third kappa shape index (κ3) is 4.79. The monoisotopic (exact) mass is 267 g/mol. The topological polar surface area (TPSA) is 66.4 Å². The third-order valence-electron chi connectivity index (χ3n) is 2.14. The van der Waals surface area contributed by atoms with E-state index in [1.165, 1.54) is 11.8 Å². The number of hydrogen-bond donors (Lipinski definition) is 2. The van der Waals surface area contributed by atoms with Gasteiger partial charge in [-0.25, -0.2) is 0 Å². The van der Waals surface area contributed by atoms with Gasteiger partial charge in [-0.05, 0) is 18.2 Å². The fourth-order valence-corrected chi connectivity index (χ4v) is 1.80. The van der Waals surface area contributed by atoms with Gasteiger partial charge in [0.25, 0.3) is 0 Å². The van der Waals surface area contributed by atoms with Crippen LogP contribution in [0.4, 0.5) is 5.69 Å². The number of thioether (sulfide) groups is 1. The van der Waals surface area contributed by atoms with Gasteiger partial charge in [0.2, 0.25) is 5.91 Å². The van der Waals surface area contributed by atoms with Crippen LogP contribution in [-0.2, 0) is 9.59 Å². The molecule has 0 aromatic heterocycles. The minimum atomic E-state index is -0.857. The van der Waals surface area contributed by atoms with Crippen LogP contribution in [0.2, 0.25) is 0 Å². The highest BCUT2D eigenvalue weighted by molar-refractivity contribution is 8.00. The lowest BCUT2D eigenvalue weighted by atomic mass is 9.95. The highest BCUT2D eigenvalue weighted by atomic mass is 32.2. The summed E-state index contributed by atoms with van der Waals surface area (Å²) in [6, 6.07) is 7.18. The second-order valence-corrected chi connectivity index (χ2v) is 5.96. The van der Waals surface area contributed by atoms with Crippen molar-refractivity contribution in [2.75, 3.05) is 11.1 Å². The van der Waals surface area contributed by atoms with Crippen molar-refractivity contribution in [1.29, 1.82) is 0 Å². The molecule has 98 valence electrons. The molecule has 1 amide bonds. The maximum Gasteiger partial charge on any atom is 0.313 e. The number of carboxylic acid groups (broad SMARTS) is 1. The van der Waals surface area contributed by atoms with Crippen LogP contribution in [0.15, 0.2) is 29.2 Å². The van der Waals surface area contributed by atoms with Crippen molar-refractivity contribution in [3.05, 3.63) is 24.3 Å². The van der Waals surface area contributed by atoms with Crippen LogP contribution in [0, 0.1) is 5.41 Å². The first-order valence-corrected chi connectivity index (χ1v) is 6.54. The van der Waals surface area contributed by atoms with Crippen molar-refractivity contribution in [2.24, 2.45) is 5.41 Å². The number of carboxylic acids is 1. The van der Waals surface area contributed by atoms with Crippen LogP contribution in [-0.4, -0.2) is 22.7 Å². The number of anilines is 1. The standard InChI is InChI=1S/C13H17NO3S/c1-13(2,3)12(17)14-9-5-4-6-10(7-9)18-8-11(15)16/h4-7H,8H2,1-3H3,(H,14,17)(H,15,16). The maximum absolute atomic E-state index is 11.8. The first-order chi connectivity index (χ1) is 8.29. The smallest absolute Gasteiger partial charge is 0.313 e. The zero-order valence-electron chi connectivity index (χ0n) is 10.7. The molecular weight excluding hydrogens is 250 g/mol. The molecule has 0 bridgehead atoms. The molecule has 0 atom stereocenters. The molecule has 1 aromatic carbocycles. The molecule has 4 nitrogen and oxygen atoms in total. The molecule has 0 unspecified atom stereocenters. The molecule has 1 aromatic rings. The molecule has 1 rings (SSSR count). The van der Waals surface area contributed by atoms with E-state index in [9.17, 15) is 9.59 Å². The largest absolute Gasteiger partial charge is 0.481 e. The number of rotatable bonds is 4. The quantitative estimate of drug-likeness (QED) is 0.823. The zero-order valence-corrected chi connectivity index (χ0v) is 11.5. The molecule has 5 heteroatoms. The van der Waals surface area contributed by atoms with Crippen molar-refractivity contribution in [2.45, 2.75) is 25.7 Å². The molecular formula is C13H17NO3S. The van der Waals surface area contributed by atoms with E-state index in [2.05, 4.69) is 5.32 Å². The summed E-state index contributed by atoms with van der Waals surface area (Å²) in [7, 11) is 0. The average molecular weight is 267 g/mol. The summed E-state index contributed by atoms with van der Waals surface area (Å²) in [4.78, 5) is 23.1. The van der Waals surface area contributed by atoms with E-state index in [0.29, 0.717) is 5.69 Å². The Labute approximate surface area is 111 Å². The van der Waals surface area contributed by atoms with Crippen LogP contribution in [0.5, 0.6) is 0 Å². The molecule has 0 aliphatic carbocycles. The Balaban J connectivity index is 2.70. The van der Waals surface area contributed by atoms with Crippen LogP contribution in [0.3, 0.4) is 0 Å². The predicted octanol–water partition coefficient (Wildman–Crippen LogP) is 2.85. The van der Waals surface area contributed by atoms with Gasteiger partial charge in [-0.3, -0.25) is 9.59 Å². The Morgan fingerprint density at radius 3 is 2.56 bits per heavy atom. The van der Waals surface area contributed by atoms with Crippen LogP contribution < -0.4 is 5.32 Å². The normalized spacial score (nSPS) is 11.1. The van der Waals surface area contributed by atoms with Crippen molar-refractivity contribution in [3.8, 4) is 0 Å². The molecule has 18 heavy (non-hydrogen) atoms. The molecule has 0 aliphatic rings. The van der Waals surface area contributed by atoms with E-state index in [1.54, 1.807) is 18.2 Å². The highest BCUT2D eigenvalue weighted by Gasteiger charge is 2.21. The first kappa shape index (κ1) is 14.6. The Morgan fingerprint density at radius 2 is 2.00 bits per heavy atom. The summed E-state index contributed by atoms with van der Waals surface area (Å²) in [5.41, 5.74) is 0.231. The van der Waals surface area contributed by atoms with Crippen LogP contribution in [0.25, 0.3) is 0 Å². The van der Waals surface area contributed by atoms with E-state index in [4.69, 9.17) is 5.11 Å². The molecule has 0 aliphatic heterocycles. The lowest BCUT2D eigenvalue weighted by Gasteiger charge is -2.17. The molecule has 0 saturated heterocycles. The van der Waals surface area contributed by atoms with Crippen molar-refractivity contribution >= 4 is 29.3 Å². The van der Waals surface area contributed by atoms with Gasteiger partial charge < -0.3 is 10.4 Å². The van der Waals surface area contributed by atoms with Crippen molar-refractivity contribution in [1.82, 2.24) is 0 Å². The minimum Gasteiger partial charge on any atom is -0.481 e. The van der Waals surface area contributed by atoms with E-state index in [0.717, 1.165) is 4.90 Å². The summed E-state index contributed by atoms with van der Waals surface area (Å²) >= 11 is 1.23. The number of carbonyl (C=O) groups excluding carboxylic acids is 1. The van der Waals surface area contributed by atoms with Gasteiger partial charge in [0.15, 0.2) is 0 Å². The molecule has 0 fully saturated rings. The minimum absolute atomic E-state index is 0.0106. The number of benzene rings is 1. The van der Waals surface area contributed by atoms with E-state index >= 15 is 0 Å². The van der Waals surface area contributed by atoms with Gasteiger partial charge in [0, 0.05) is 16.0 Å².